The number of methoxy groups -OCH3 is 1. The van der Waals surface area contributed by atoms with E-state index in [0.717, 1.165) is 21.8 Å². The number of alkyl carbamates (subject to hydrolysis) is 1. The highest BCUT2D eigenvalue weighted by Gasteiger charge is 2.40. The van der Waals surface area contributed by atoms with E-state index in [1.165, 1.54) is 7.11 Å². The van der Waals surface area contributed by atoms with Crippen molar-refractivity contribution < 1.29 is 27.9 Å². The number of hydrogen-bond donors (Lipinski definition) is 1. The lowest BCUT2D eigenvalue weighted by Crippen LogP contribution is -2.44. The number of nitrogens with zero attached hydrogens (tertiary/aromatic N) is 2. The van der Waals surface area contributed by atoms with Gasteiger partial charge in [0.05, 0.1) is 12.8 Å². The van der Waals surface area contributed by atoms with Gasteiger partial charge in [-0.1, -0.05) is 43.6 Å². The molecule has 8 nitrogen and oxygen atoms in total. The number of benzene rings is 2. The fourth-order valence-electron chi connectivity index (χ4n) is 3.46. The molecule has 0 aromatic heterocycles. The summed E-state index contributed by atoms with van der Waals surface area (Å²) in [5, 5.41) is 2.76. The highest BCUT2D eigenvalue weighted by atomic mass is 79.9. The summed E-state index contributed by atoms with van der Waals surface area (Å²) in [6, 6.07) is 8.72. The maximum Gasteiger partial charge on any atom is 0.434 e. The maximum absolute atomic E-state index is 16.4. The lowest BCUT2D eigenvalue weighted by atomic mass is 10.0. The van der Waals surface area contributed by atoms with E-state index >= 15 is 4.39 Å². The molecule has 0 saturated carbocycles. The molecule has 0 unspecified atom stereocenters. The largest absolute Gasteiger partial charge is 0.542 e. The molecule has 43 heavy (non-hydrogen) atoms. The number of amides is 2. The van der Waals surface area contributed by atoms with Gasteiger partial charge in [-0.2, -0.15) is 4.99 Å². The van der Waals surface area contributed by atoms with Crippen LogP contribution in [0.4, 0.5) is 19.7 Å². The van der Waals surface area contributed by atoms with Crippen LogP contribution in [0.2, 0.25) is 18.1 Å². The maximum atomic E-state index is 16.4. The minimum Gasteiger partial charge on any atom is -0.542 e. The molecular weight excluding hydrogens is 653 g/mol. The van der Waals surface area contributed by atoms with E-state index in [1.807, 2.05) is 6.92 Å². The van der Waals surface area contributed by atoms with Crippen LogP contribution in [0, 0.1) is 5.82 Å². The molecule has 0 heterocycles. The van der Waals surface area contributed by atoms with Gasteiger partial charge in [-0.15, -0.1) is 11.8 Å². The highest BCUT2D eigenvalue weighted by molar-refractivity contribution is 9.10. The van der Waals surface area contributed by atoms with Crippen molar-refractivity contribution in [1.29, 1.82) is 0 Å². The van der Waals surface area contributed by atoms with E-state index in [-0.39, 0.29) is 33.7 Å². The number of carbonyl (C=O) groups is 2. The van der Waals surface area contributed by atoms with Gasteiger partial charge in [0.1, 0.15) is 22.1 Å². The number of thioether (sulfide) groups is 1. The normalized spacial score (nSPS) is 13.0. The van der Waals surface area contributed by atoms with Crippen molar-refractivity contribution in [3.8, 4) is 5.75 Å². The second-order valence-electron chi connectivity index (χ2n) is 12.4. The van der Waals surface area contributed by atoms with E-state index in [1.54, 1.807) is 57.4 Å². The van der Waals surface area contributed by atoms with Crippen LogP contribution in [-0.2, 0) is 22.4 Å². The fourth-order valence-corrected chi connectivity index (χ4v) is 5.36. The highest BCUT2D eigenvalue weighted by Crippen LogP contribution is 2.39. The zero-order valence-electron chi connectivity index (χ0n) is 26.9. The summed E-state index contributed by atoms with van der Waals surface area (Å²) >= 11 is 4.66. The van der Waals surface area contributed by atoms with Gasteiger partial charge in [0.15, 0.2) is 5.82 Å². The van der Waals surface area contributed by atoms with Gasteiger partial charge in [-0.05, 0) is 93.0 Å². The molecule has 0 saturated heterocycles. The summed E-state index contributed by atoms with van der Waals surface area (Å²) in [5.41, 5.74) is 1.68. The van der Waals surface area contributed by atoms with Gasteiger partial charge >= 0.3 is 12.2 Å². The van der Waals surface area contributed by atoms with Crippen molar-refractivity contribution in [3.05, 3.63) is 57.3 Å². The third-order valence-electron chi connectivity index (χ3n) is 6.79. The van der Waals surface area contributed by atoms with Crippen LogP contribution in [0.25, 0.3) is 0 Å². The summed E-state index contributed by atoms with van der Waals surface area (Å²) in [7, 11) is -1.17. The van der Waals surface area contributed by atoms with Gasteiger partial charge in [-0.3, -0.25) is 0 Å². The third-order valence-corrected chi connectivity index (χ3v) is 12.6. The number of hydrogen-bond acceptors (Lipinski definition) is 7. The average molecular weight is 697 g/mol. The Kier molecular flexibility index (Phi) is 12.6. The topological polar surface area (TPSA) is 98.6 Å². The van der Waals surface area contributed by atoms with E-state index in [4.69, 9.17) is 18.9 Å². The van der Waals surface area contributed by atoms with Crippen molar-refractivity contribution in [1.82, 2.24) is 5.32 Å². The van der Waals surface area contributed by atoms with Gasteiger partial charge in [0.2, 0.25) is 0 Å². The number of ether oxygens (including phenoxy) is 2. The van der Waals surface area contributed by atoms with E-state index < -0.39 is 31.9 Å². The SMILES string of the molecule is CCc1cc(O[Si](C)(C)C(C)(C)C)c(F)c(C(=Nc2ccc(Br)c(CNC(=O)OC(C)(C)C)c2)C(=NC(=O)OC)SC)c1. The molecule has 0 radical (unpaired) electrons. The van der Waals surface area contributed by atoms with Gasteiger partial charge in [0, 0.05) is 16.6 Å². The quantitative estimate of drug-likeness (QED) is 0.168. The van der Waals surface area contributed by atoms with E-state index in [9.17, 15) is 9.59 Å². The molecule has 1 N–H and O–H groups in total. The van der Waals surface area contributed by atoms with Crippen molar-refractivity contribution in [2.45, 2.75) is 85.2 Å². The Morgan fingerprint density at radius 2 is 1.74 bits per heavy atom. The predicted octanol–water partition coefficient (Wildman–Crippen LogP) is 9.21. The average Bonchev–Trinajstić information content (AvgIpc) is 2.90. The Morgan fingerprint density at radius 1 is 1.09 bits per heavy atom. The van der Waals surface area contributed by atoms with Gasteiger partial charge < -0.3 is 19.2 Å². The van der Waals surface area contributed by atoms with Crippen LogP contribution < -0.4 is 9.74 Å². The molecule has 0 aliphatic rings. The van der Waals surface area contributed by atoms with Crippen molar-refractivity contribution >= 4 is 64.6 Å². The third kappa shape index (κ3) is 10.5. The van der Waals surface area contributed by atoms with Crippen LogP contribution in [0.3, 0.4) is 0 Å². The summed E-state index contributed by atoms with van der Waals surface area (Å²) < 4.78 is 33.7. The second kappa shape index (κ2) is 14.9. The second-order valence-corrected chi connectivity index (χ2v) is 18.7. The standard InChI is InChI=1S/C31H43BrFN3O5SSi/c1-12-19-15-22(25(33)24(16-19)41-43(10,11)31(5,6)7)26(27(42-9)36-29(38)39-8)35-21-13-14-23(32)20(17-21)18-34-28(37)40-30(2,3)4/h13-17H,12,18H2,1-11H3,(H,34,37). The van der Waals surface area contributed by atoms with E-state index in [0.29, 0.717) is 17.7 Å². The summed E-state index contributed by atoms with van der Waals surface area (Å²) in [4.78, 5) is 33.4. The van der Waals surface area contributed by atoms with Crippen LogP contribution in [0.5, 0.6) is 5.75 Å². The summed E-state index contributed by atoms with van der Waals surface area (Å²) in [6.45, 7) is 17.9. The molecule has 0 aliphatic carbocycles. The minimum atomic E-state index is -2.40. The van der Waals surface area contributed by atoms with Gasteiger partial charge in [0.25, 0.3) is 8.32 Å². The number of nitrogens with one attached hydrogen (secondary N) is 1. The van der Waals surface area contributed by atoms with Crippen molar-refractivity contribution in [2.24, 2.45) is 9.98 Å². The molecular formula is C31H43BrFN3O5SSi. The fraction of sp³-hybridized carbons (Fsp3) is 0.484. The predicted molar refractivity (Wildman–Crippen MR) is 180 cm³/mol. The van der Waals surface area contributed by atoms with Crippen LogP contribution in [0.15, 0.2) is 44.8 Å². The van der Waals surface area contributed by atoms with Gasteiger partial charge in [-0.25, -0.2) is 19.0 Å². The Labute approximate surface area is 268 Å². The van der Waals surface area contributed by atoms with Crippen LogP contribution >= 0.6 is 27.7 Å². The zero-order chi connectivity index (χ0) is 32.8. The number of halogens is 2. The first kappa shape index (κ1) is 36.5. The number of aliphatic imine (C=N–C) groups is 2. The summed E-state index contributed by atoms with van der Waals surface area (Å²) in [6.07, 6.45) is 0.955. The molecule has 0 atom stereocenters. The molecule has 2 rings (SSSR count). The Morgan fingerprint density at radius 3 is 2.28 bits per heavy atom. The monoisotopic (exact) mass is 695 g/mol. The Balaban J connectivity index is 2.75. The van der Waals surface area contributed by atoms with E-state index in [2.05, 4.69) is 60.1 Å². The molecule has 2 aromatic carbocycles. The smallest absolute Gasteiger partial charge is 0.434 e. The Hall–Kier alpha value is -2.70. The van der Waals surface area contributed by atoms with Crippen molar-refractivity contribution in [3.63, 3.8) is 0 Å². The first-order valence-corrected chi connectivity index (χ1v) is 18.8. The number of rotatable bonds is 8. The Bertz CT molecular complexity index is 1400. The molecule has 2 amide bonds. The lowest BCUT2D eigenvalue weighted by Gasteiger charge is -2.36. The van der Waals surface area contributed by atoms with Crippen LogP contribution in [0.1, 0.15) is 65.2 Å². The molecule has 12 heteroatoms. The zero-order valence-corrected chi connectivity index (χ0v) is 30.3. The molecule has 0 bridgehead atoms. The molecule has 2 aromatic rings. The lowest BCUT2D eigenvalue weighted by molar-refractivity contribution is 0.0523. The number of aryl methyl sites for hydroxylation is 1. The van der Waals surface area contributed by atoms with Crippen molar-refractivity contribution in [2.75, 3.05) is 13.4 Å². The molecule has 0 aliphatic heterocycles. The molecule has 236 valence electrons. The first-order chi connectivity index (χ1) is 19.8. The number of carbonyl (C=O) groups excluding carboxylic acids is 2. The summed E-state index contributed by atoms with van der Waals surface area (Å²) in [5.74, 6) is -0.443. The minimum absolute atomic E-state index is 0.144. The first-order valence-electron chi connectivity index (χ1n) is 13.9. The van der Waals surface area contributed by atoms with Crippen LogP contribution in [-0.4, -0.2) is 50.2 Å². The molecule has 0 spiro atoms. The molecule has 0 fully saturated rings.